The lowest BCUT2D eigenvalue weighted by Gasteiger charge is -1.99. The molecule has 35 heavy (non-hydrogen) atoms. The Hall–Kier alpha value is -3.18. The summed E-state index contributed by atoms with van der Waals surface area (Å²) < 4.78 is 64.6. The molecule has 2 heterocycles. The zero-order chi connectivity index (χ0) is 26.7. The van der Waals surface area contributed by atoms with E-state index in [1.54, 1.807) is 4.40 Å². The van der Waals surface area contributed by atoms with Crippen molar-refractivity contribution in [2.45, 2.75) is 21.3 Å². The summed E-state index contributed by atoms with van der Waals surface area (Å²) in [6, 6.07) is 15.3. The average Bonchev–Trinajstić information content (AvgIpc) is 3.07. The van der Waals surface area contributed by atoms with Crippen LogP contribution >= 0.6 is 0 Å². The lowest BCUT2D eigenvalue weighted by molar-refractivity contribution is 0.559. The smallest absolute Gasteiger partial charge is 0.306 e. The van der Waals surface area contributed by atoms with Gasteiger partial charge in [-0.2, -0.15) is 0 Å². The molecule has 0 aliphatic carbocycles. The maximum absolute atomic E-state index is 12.1. The van der Waals surface area contributed by atoms with E-state index in [1.807, 2.05) is 62.4 Å². The third-order valence-electron chi connectivity index (χ3n) is 3.17. The van der Waals surface area contributed by atoms with Gasteiger partial charge in [0, 0.05) is 5.39 Å². The second kappa shape index (κ2) is 14.9. The Balaban J connectivity index is 0. The Morgan fingerprint density at radius 2 is 1.26 bits per heavy atom. The molecule has 0 radical (unpaired) electrons. The van der Waals surface area contributed by atoms with E-state index in [1.165, 1.54) is 0 Å². The average molecular weight is 552 g/mol. The van der Waals surface area contributed by atoms with Crippen LogP contribution in [-0.4, -0.2) is 56.3 Å². The van der Waals surface area contributed by atoms with Crippen LogP contribution in [0.5, 0.6) is 0 Å². The summed E-state index contributed by atoms with van der Waals surface area (Å²) in [5.74, 6) is 0. The minimum atomic E-state index is -3.17. The second-order valence-corrected chi connectivity index (χ2v) is 9.82. The first-order valence-electron chi connectivity index (χ1n) is 9.18. The normalized spacial score (nSPS) is 10.1. The van der Waals surface area contributed by atoms with Crippen LogP contribution in [0.4, 0.5) is 0 Å². The van der Waals surface area contributed by atoms with Crippen molar-refractivity contribution in [1.82, 2.24) is 14.4 Å². The van der Waals surface area contributed by atoms with Crippen LogP contribution in [0.1, 0.15) is 21.3 Å². The zero-order valence-corrected chi connectivity index (χ0v) is 21.1. The number of H-pyrrole nitrogens is 1. The van der Waals surface area contributed by atoms with Crippen molar-refractivity contribution in [3.05, 3.63) is 59.0 Å². The van der Waals surface area contributed by atoms with Crippen molar-refractivity contribution in [2.24, 2.45) is 10.3 Å². The molecule has 0 fully saturated rings. The van der Waals surface area contributed by atoms with Gasteiger partial charge in [-0.1, -0.05) is 45.5 Å². The molecule has 0 saturated carbocycles. The number of imidazole rings is 1. The second-order valence-electron chi connectivity index (χ2n) is 6.10. The fourth-order valence-electron chi connectivity index (χ4n) is 2.37. The molecule has 0 atom stereocenters. The Morgan fingerprint density at radius 3 is 1.74 bits per heavy atom. The van der Waals surface area contributed by atoms with E-state index in [9.17, 15) is 21.6 Å². The van der Waals surface area contributed by atoms with Crippen LogP contribution in [0.3, 0.4) is 0 Å². The highest BCUT2D eigenvalue weighted by atomic mass is 32.2. The number of rotatable bonds is 0. The maximum Gasteiger partial charge on any atom is 0.425 e. The molecule has 0 aliphatic rings. The summed E-state index contributed by atoms with van der Waals surface area (Å²) in [6.07, 6.45) is 1.88. The van der Waals surface area contributed by atoms with Crippen molar-refractivity contribution in [1.29, 1.82) is 0 Å². The zero-order valence-electron chi connectivity index (χ0n) is 18.7. The van der Waals surface area contributed by atoms with Crippen LogP contribution < -0.4 is 16.0 Å². The molecule has 4 aromatic rings. The summed E-state index contributed by atoms with van der Waals surface area (Å²) in [4.78, 5) is 19.6. The molecule has 16 heteroatoms. The molecular formula is C19H29N5O8S3. The van der Waals surface area contributed by atoms with Gasteiger partial charge in [0.2, 0.25) is 20.0 Å². The number of sulfonamides is 2. The molecule has 0 saturated heterocycles. The molecule has 13 nitrogen and oxygen atoms in total. The molecule has 2 aromatic heterocycles. The number of nitrogens with two attached hydrogens (primary N) is 2. The first-order valence-corrected chi connectivity index (χ1v) is 14.1. The van der Waals surface area contributed by atoms with Crippen LogP contribution in [0.25, 0.3) is 27.6 Å². The number of hydrogen-bond donors (Lipinski definition) is 3. The van der Waals surface area contributed by atoms with Gasteiger partial charge in [-0.3, -0.25) is 0 Å². The van der Waals surface area contributed by atoms with E-state index in [4.69, 9.17) is 12.6 Å². The summed E-state index contributed by atoms with van der Waals surface area (Å²) in [6.45, 7) is 4.00. The summed E-state index contributed by atoms with van der Waals surface area (Å²) in [5.41, 5.74) is 3.03. The number of aromatic nitrogens is 3. The van der Waals surface area contributed by atoms with Crippen molar-refractivity contribution < 1.29 is 29.5 Å². The van der Waals surface area contributed by atoms with Crippen LogP contribution in [-0.2, 0) is 30.7 Å². The highest BCUT2D eigenvalue weighted by Gasteiger charge is 2.09. The number of nitrogens with one attached hydrogen (secondary N) is 1. The van der Waals surface area contributed by atoms with Crippen LogP contribution in [0.2, 0.25) is 0 Å². The SMILES string of the molecule is C.CC.CS(N)(=O)=O.CS(N)(=O)=O.O=S(=O)=O.O=c1[nH]c2ccccc2c2nc3ccccc3n12. The van der Waals surface area contributed by atoms with Gasteiger partial charge in [0.25, 0.3) is 0 Å². The number of nitrogens with zero attached hydrogens (tertiary/aromatic N) is 2. The van der Waals surface area contributed by atoms with E-state index in [-0.39, 0.29) is 13.1 Å². The van der Waals surface area contributed by atoms with Crippen molar-refractivity contribution in [2.75, 3.05) is 12.5 Å². The van der Waals surface area contributed by atoms with Gasteiger partial charge < -0.3 is 4.98 Å². The van der Waals surface area contributed by atoms with Crippen molar-refractivity contribution >= 4 is 58.2 Å². The van der Waals surface area contributed by atoms with E-state index in [0.717, 1.165) is 34.4 Å². The molecule has 2 aromatic carbocycles. The Kier molecular flexibility index (Phi) is 14.5. The van der Waals surface area contributed by atoms with Gasteiger partial charge >= 0.3 is 16.3 Å². The highest BCUT2D eigenvalue weighted by molar-refractivity contribution is 7.88. The summed E-state index contributed by atoms with van der Waals surface area (Å²) in [7, 11) is -9.44. The van der Waals surface area contributed by atoms with E-state index >= 15 is 0 Å². The molecule has 0 bridgehead atoms. The first-order chi connectivity index (χ1) is 15.6. The fourth-order valence-corrected chi connectivity index (χ4v) is 2.37. The third-order valence-corrected chi connectivity index (χ3v) is 3.17. The number of para-hydroxylation sites is 3. The molecule has 0 amide bonds. The Morgan fingerprint density at radius 1 is 0.857 bits per heavy atom. The monoisotopic (exact) mass is 551 g/mol. The molecule has 4 rings (SSSR count). The van der Waals surface area contributed by atoms with Gasteiger partial charge in [-0.05, 0) is 24.3 Å². The molecule has 5 N–H and O–H groups in total. The number of benzene rings is 2. The Bertz CT molecular complexity index is 1570. The fraction of sp³-hybridized carbons (Fsp3) is 0.263. The molecule has 0 aliphatic heterocycles. The lowest BCUT2D eigenvalue weighted by Crippen LogP contribution is -2.15. The van der Waals surface area contributed by atoms with E-state index in [0.29, 0.717) is 5.65 Å². The standard InChI is InChI=1S/C14H9N3O.C2H6.2CH5NO2S.CH4.O3S/c18-14-16-10-6-2-1-5-9(10)13-15-11-7-3-4-8-12(11)17(13)14;1-2;2*1-5(2,3)4;;1-4(2)3/h1-8H,(H,16,18);1-2H3;2*1H3,(H2,2,3,4);1H4;. The molecule has 196 valence electrons. The summed E-state index contributed by atoms with van der Waals surface area (Å²) >= 11 is 0. The Labute approximate surface area is 205 Å². The van der Waals surface area contributed by atoms with E-state index < -0.39 is 30.7 Å². The lowest BCUT2D eigenvalue weighted by atomic mass is 10.2. The van der Waals surface area contributed by atoms with Crippen molar-refractivity contribution in [3.63, 3.8) is 0 Å². The highest BCUT2D eigenvalue weighted by Crippen LogP contribution is 2.20. The van der Waals surface area contributed by atoms with Gasteiger partial charge in [-0.15, -0.1) is 12.6 Å². The number of fused-ring (bicyclic) bond motifs is 5. The third kappa shape index (κ3) is 14.0. The number of primary sulfonamides is 2. The quantitative estimate of drug-likeness (QED) is 0.280. The topological polar surface area (TPSA) is 222 Å². The number of aromatic amines is 1. The van der Waals surface area contributed by atoms with Gasteiger partial charge in [0.05, 0.1) is 29.1 Å². The minimum absolute atomic E-state index is 0. The predicted octanol–water partition coefficient (Wildman–Crippen LogP) is 0.797. The van der Waals surface area contributed by atoms with Crippen LogP contribution in [0.15, 0.2) is 53.3 Å². The molecule has 0 spiro atoms. The number of hydrogen-bond acceptors (Lipinski definition) is 9. The van der Waals surface area contributed by atoms with E-state index in [2.05, 4.69) is 20.2 Å². The summed E-state index contributed by atoms with van der Waals surface area (Å²) in [5, 5.41) is 9.60. The van der Waals surface area contributed by atoms with Gasteiger partial charge in [0.15, 0.2) is 5.65 Å². The van der Waals surface area contributed by atoms with Crippen molar-refractivity contribution in [3.8, 4) is 0 Å². The van der Waals surface area contributed by atoms with Crippen LogP contribution in [0, 0.1) is 0 Å². The molecular weight excluding hydrogens is 522 g/mol. The first kappa shape index (κ1) is 34.0. The van der Waals surface area contributed by atoms with Gasteiger partial charge in [-0.25, -0.2) is 41.3 Å². The van der Waals surface area contributed by atoms with Gasteiger partial charge in [0.1, 0.15) is 0 Å². The largest absolute Gasteiger partial charge is 0.425 e. The minimum Gasteiger partial charge on any atom is -0.306 e. The molecule has 0 unspecified atom stereocenters. The predicted molar refractivity (Wildman–Crippen MR) is 137 cm³/mol. The maximum atomic E-state index is 12.1.